The van der Waals surface area contributed by atoms with Crippen LogP contribution in [-0.2, 0) is 9.84 Å². The molecule has 0 bridgehead atoms. The molecule has 25 heavy (non-hydrogen) atoms. The highest BCUT2D eigenvalue weighted by atomic mass is 32.2. The highest BCUT2D eigenvalue weighted by Gasteiger charge is 2.38. The molecular weight excluding hydrogens is 342 g/mol. The molecule has 1 fully saturated rings. The lowest BCUT2D eigenvalue weighted by Gasteiger charge is -2.05. The van der Waals surface area contributed by atoms with Crippen molar-refractivity contribution in [2.75, 3.05) is 23.9 Å². The maximum atomic E-state index is 12.7. The molecule has 134 valence electrons. The molecule has 1 amide bonds. The number of rotatable bonds is 4. The third-order valence-corrected chi connectivity index (χ3v) is 6.29. The van der Waals surface area contributed by atoms with Gasteiger partial charge < -0.3 is 10.1 Å². The molecule has 1 aliphatic heterocycles. The van der Waals surface area contributed by atoms with Gasteiger partial charge in [-0.15, -0.1) is 4.68 Å². The second-order valence-electron chi connectivity index (χ2n) is 6.31. The van der Waals surface area contributed by atoms with E-state index in [1.165, 1.54) is 0 Å². The van der Waals surface area contributed by atoms with Crippen LogP contribution in [0.1, 0.15) is 34.2 Å². The van der Waals surface area contributed by atoms with Crippen LogP contribution in [0.5, 0.6) is 5.75 Å². The Balaban J connectivity index is 1.83. The summed E-state index contributed by atoms with van der Waals surface area (Å²) >= 11 is 0. The molecule has 0 aliphatic carbocycles. The van der Waals surface area contributed by atoms with Crippen LogP contribution >= 0.6 is 0 Å². The van der Waals surface area contributed by atoms with E-state index in [1.54, 1.807) is 31.4 Å². The molecule has 1 saturated heterocycles. The number of carbonyl (C=O) groups is 1. The second kappa shape index (κ2) is 6.51. The number of aromatic amines is 1. The van der Waals surface area contributed by atoms with Crippen LogP contribution in [0.15, 0.2) is 24.3 Å². The Morgan fingerprint density at radius 1 is 1.28 bits per heavy atom. The van der Waals surface area contributed by atoms with Crippen LogP contribution in [-0.4, -0.2) is 38.0 Å². The monoisotopic (exact) mass is 364 g/mol. The minimum absolute atomic E-state index is 0.109. The summed E-state index contributed by atoms with van der Waals surface area (Å²) in [7, 11) is -1.41. The van der Waals surface area contributed by atoms with Crippen molar-refractivity contribution >= 4 is 21.4 Å². The summed E-state index contributed by atoms with van der Waals surface area (Å²) in [6, 6.07) is 6.94. The van der Waals surface area contributed by atoms with E-state index in [9.17, 15) is 13.2 Å². The molecule has 1 atom stereocenters. The number of carbonyl (C=O) groups excluding carboxylic acids is 1. The number of nitrogens with zero attached hydrogens (tertiary/aromatic N) is 1. The Hall–Kier alpha value is -2.35. The van der Waals surface area contributed by atoms with E-state index in [4.69, 9.17) is 4.74 Å². The Morgan fingerprint density at radius 3 is 2.52 bits per heavy atom. The van der Waals surface area contributed by atoms with Crippen molar-refractivity contribution in [1.82, 2.24) is 5.10 Å². The molecule has 2 N–H and O–H groups in total. The van der Waals surface area contributed by atoms with Crippen molar-refractivity contribution in [1.29, 1.82) is 0 Å². The number of benzene rings is 1. The number of hydrogen-bond donors (Lipinski definition) is 2. The van der Waals surface area contributed by atoms with E-state index in [1.807, 2.05) is 18.5 Å². The van der Waals surface area contributed by atoms with E-state index in [0.29, 0.717) is 29.1 Å². The zero-order valence-electron chi connectivity index (χ0n) is 14.5. The minimum Gasteiger partial charge on any atom is -0.497 e. The Morgan fingerprint density at radius 2 is 1.96 bits per heavy atom. The van der Waals surface area contributed by atoms with Crippen LogP contribution in [0.4, 0.5) is 5.69 Å². The first-order valence-corrected chi connectivity index (χ1v) is 9.89. The third kappa shape index (κ3) is 3.53. The van der Waals surface area contributed by atoms with Crippen LogP contribution in [0.3, 0.4) is 0 Å². The summed E-state index contributed by atoms with van der Waals surface area (Å²) in [6.07, 6.45) is 0.563. The fourth-order valence-corrected chi connectivity index (χ4v) is 4.96. The van der Waals surface area contributed by atoms with Crippen molar-refractivity contribution in [2.24, 2.45) is 0 Å². The van der Waals surface area contributed by atoms with Gasteiger partial charge in [0.25, 0.3) is 5.91 Å². The standard InChI is InChI=1S/C17H21N3O4S/c1-11-16(17(21)18-13-4-6-15(24-3)7-5-13)12(2)20(19-11)14-8-9-25(22,23)10-14/h4-7,14H,8-10H2,1-3H3,(H,18,21)/p+1/t14-/m1/s1. The van der Waals surface area contributed by atoms with Crippen molar-refractivity contribution in [3.8, 4) is 5.75 Å². The molecule has 0 radical (unpaired) electrons. The molecule has 0 spiro atoms. The fraction of sp³-hybridized carbons (Fsp3) is 0.412. The number of anilines is 1. The van der Waals surface area contributed by atoms with Gasteiger partial charge in [0.2, 0.25) is 5.69 Å². The highest BCUT2D eigenvalue weighted by Crippen LogP contribution is 2.22. The number of methoxy groups -OCH3 is 1. The predicted octanol–water partition coefficient (Wildman–Crippen LogP) is 1.54. The zero-order chi connectivity index (χ0) is 18.2. The number of H-pyrrole nitrogens is 1. The van der Waals surface area contributed by atoms with Crippen LogP contribution < -0.4 is 14.7 Å². The topological polar surface area (TPSA) is 92.1 Å². The number of hydrogen-bond acceptors (Lipinski definition) is 4. The van der Waals surface area contributed by atoms with Crippen LogP contribution in [0.2, 0.25) is 0 Å². The molecule has 0 saturated carbocycles. The van der Waals surface area contributed by atoms with Gasteiger partial charge in [-0.2, -0.15) is 5.10 Å². The summed E-state index contributed by atoms with van der Waals surface area (Å²) in [5.74, 6) is 0.788. The summed E-state index contributed by atoms with van der Waals surface area (Å²) < 4.78 is 30.4. The SMILES string of the molecule is COc1ccc(NC(=O)c2c(C)[nH][n+]([C@@H]3CCS(=O)(=O)C3)c2C)cc1. The van der Waals surface area contributed by atoms with E-state index in [2.05, 4.69) is 10.4 Å². The van der Waals surface area contributed by atoms with Gasteiger partial charge in [-0.05, 0) is 31.2 Å². The van der Waals surface area contributed by atoms with Gasteiger partial charge in [-0.25, -0.2) is 8.42 Å². The van der Waals surface area contributed by atoms with E-state index in [0.717, 1.165) is 5.69 Å². The van der Waals surface area contributed by atoms with Gasteiger partial charge in [-0.1, -0.05) is 0 Å². The van der Waals surface area contributed by atoms with Crippen molar-refractivity contribution < 1.29 is 22.6 Å². The van der Waals surface area contributed by atoms with Crippen molar-refractivity contribution in [2.45, 2.75) is 26.3 Å². The lowest BCUT2D eigenvalue weighted by molar-refractivity contribution is -0.774. The van der Waals surface area contributed by atoms with Gasteiger partial charge in [0.1, 0.15) is 17.1 Å². The molecule has 1 aromatic carbocycles. The molecule has 3 rings (SSSR count). The smallest absolute Gasteiger partial charge is 0.264 e. The maximum absolute atomic E-state index is 12.7. The first kappa shape index (κ1) is 17.5. The van der Waals surface area contributed by atoms with Gasteiger partial charge in [0.15, 0.2) is 15.9 Å². The second-order valence-corrected chi connectivity index (χ2v) is 8.54. The number of ether oxygens (including phenoxy) is 1. The zero-order valence-corrected chi connectivity index (χ0v) is 15.3. The molecular formula is C17H22N3O4S+. The average Bonchev–Trinajstić information content (AvgIpc) is 3.07. The van der Waals surface area contributed by atoms with E-state index in [-0.39, 0.29) is 23.5 Å². The van der Waals surface area contributed by atoms with Gasteiger partial charge in [-0.3, -0.25) is 4.79 Å². The molecule has 1 aliphatic rings. The number of sulfone groups is 1. The Bertz CT molecular complexity index is 901. The predicted molar refractivity (Wildman–Crippen MR) is 93.7 cm³/mol. The fourth-order valence-electron chi connectivity index (χ4n) is 3.26. The summed E-state index contributed by atoms with van der Waals surface area (Å²) in [5.41, 5.74) is 2.67. The number of aryl methyl sites for hydroxylation is 1. The van der Waals surface area contributed by atoms with Gasteiger partial charge in [0, 0.05) is 19.0 Å². The highest BCUT2D eigenvalue weighted by molar-refractivity contribution is 7.91. The lowest BCUT2D eigenvalue weighted by Crippen LogP contribution is -2.44. The first-order valence-electron chi connectivity index (χ1n) is 8.07. The quantitative estimate of drug-likeness (QED) is 0.805. The van der Waals surface area contributed by atoms with Gasteiger partial charge in [0.05, 0.1) is 18.6 Å². The molecule has 1 aromatic heterocycles. The molecule has 0 unspecified atom stereocenters. The first-order chi connectivity index (χ1) is 11.8. The summed E-state index contributed by atoms with van der Waals surface area (Å²) in [5, 5.41) is 6.01. The van der Waals surface area contributed by atoms with Crippen LogP contribution in [0.25, 0.3) is 0 Å². The normalized spacial score (nSPS) is 18.9. The van der Waals surface area contributed by atoms with E-state index < -0.39 is 9.84 Å². The average molecular weight is 364 g/mol. The molecule has 7 nitrogen and oxygen atoms in total. The summed E-state index contributed by atoms with van der Waals surface area (Å²) in [4.78, 5) is 12.7. The van der Waals surface area contributed by atoms with E-state index >= 15 is 0 Å². The molecule has 2 aromatic rings. The van der Waals surface area contributed by atoms with Crippen molar-refractivity contribution in [3.05, 3.63) is 41.2 Å². The Labute approximate surface area is 146 Å². The van der Waals surface area contributed by atoms with Crippen molar-refractivity contribution in [3.63, 3.8) is 0 Å². The number of amides is 1. The third-order valence-electron chi connectivity index (χ3n) is 4.53. The number of nitrogens with one attached hydrogen (secondary N) is 2. The Kier molecular flexibility index (Phi) is 4.55. The largest absolute Gasteiger partial charge is 0.497 e. The summed E-state index contributed by atoms with van der Waals surface area (Å²) in [6.45, 7) is 3.65. The maximum Gasteiger partial charge on any atom is 0.264 e. The lowest BCUT2D eigenvalue weighted by atomic mass is 10.1. The minimum atomic E-state index is -2.99. The number of aromatic nitrogens is 2. The molecule has 2 heterocycles. The van der Waals surface area contributed by atoms with Crippen LogP contribution in [0, 0.1) is 13.8 Å². The van der Waals surface area contributed by atoms with Gasteiger partial charge >= 0.3 is 0 Å². The molecule has 8 heteroatoms.